The Hall–Kier alpha value is -2.88. The molecule has 2 aromatic rings. The summed E-state index contributed by atoms with van der Waals surface area (Å²) in [7, 11) is 0. The van der Waals surface area contributed by atoms with Gasteiger partial charge in [0.05, 0.1) is 0 Å². The Morgan fingerprint density at radius 3 is 1.92 bits per heavy atom. The van der Waals surface area contributed by atoms with Gasteiger partial charge < -0.3 is 0 Å². The van der Waals surface area contributed by atoms with Crippen LogP contribution in [0.2, 0.25) is 0 Å². The number of ketones is 4. The topological polar surface area (TPSA) is 68.3 Å². The first-order valence-electron chi connectivity index (χ1n) is 19.5. The highest BCUT2D eigenvalue weighted by Gasteiger charge is 2.44. The van der Waals surface area contributed by atoms with Crippen molar-refractivity contribution in [2.45, 2.75) is 136 Å². The van der Waals surface area contributed by atoms with Crippen molar-refractivity contribution in [3.63, 3.8) is 0 Å². The van der Waals surface area contributed by atoms with Gasteiger partial charge >= 0.3 is 0 Å². The number of rotatable bonds is 12. The smallest absolute Gasteiger partial charge is 0.142 e. The van der Waals surface area contributed by atoms with Crippen molar-refractivity contribution in [1.82, 2.24) is 0 Å². The van der Waals surface area contributed by atoms with Crippen LogP contribution in [0.25, 0.3) is 0 Å². The van der Waals surface area contributed by atoms with Crippen molar-refractivity contribution in [1.29, 1.82) is 0 Å². The second kappa shape index (κ2) is 15.8. The summed E-state index contributed by atoms with van der Waals surface area (Å²) >= 11 is 0. The normalized spacial score (nSPS) is 27.9. The summed E-state index contributed by atoms with van der Waals surface area (Å²) in [6, 6.07) is 16.5. The van der Waals surface area contributed by atoms with Crippen LogP contribution in [-0.2, 0) is 44.9 Å². The molecule has 3 saturated carbocycles. The molecule has 0 aliphatic heterocycles. The van der Waals surface area contributed by atoms with Gasteiger partial charge in [-0.3, -0.25) is 19.2 Å². The van der Waals surface area contributed by atoms with Gasteiger partial charge in [-0.25, -0.2) is 0 Å². The Bertz CT molecular complexity index is 1430. The Labute approximate surface area is 289 Å². The zero-order valence-electron chi connectivity index (χ0n) is 29.7. The molecular weight excluding hydrogens is 592 g/mol. The van der Waals surface area contributed by atoms with E-state index in [-0.39, 0.29) is 47.9 Å². The van der Waals surface area contributed by atoms with Crippen molar-refractivity contribution < 1.29 is 19.2 Å². The molecular formula is C44H58O4. The maximum atomic E-state index is 14.4. The number of carbonyl (C=O) groups is 4. The summed E-state index contributed by atoms with van der Waals surface area (Å²) in [6.45, 7) is 4.06. The van der Waals surface area contributed by atoms with E-state index in [9.17, 15) is 19.2 Å². The number of fused-ring (bicyclic) bond motifs is 1. The number of hydrogen-bond donors (Lipinski definition) is 0. The molecule has 2 atom stereocenters. The third-order valence-corrected chi connectivity index (χ3v) is 13.2. The highest BCUT2D eigenvalue weighted by molar-refractivity contribution is 5.97. The molecule has 0 spiro atoms. The van der Waals surface area contributed by atoms with Crippen LogP contribution in [0.3, 0.4) is 0 Å². The molecule has 258 valence electrons. The summed E-state index contributed by atoms with van der Waals surface area (Å²) in [4.78, 5) is 55.2. The van der Waals surface area contributed by atoms with Crippen LogP contribution in [-0.4, -0.2) is 23.1 Å². The molecule has 4 aliphatic rings. The lowest BCUT2D eigenvalue weighted by Crippen LogP contribution is -2.41. The minimum Gasteiger partial charge on any atom is -0.299 e. The van der Waals surface area contributed by atoms with Gasteiger partial charge in [0, 0.05) is 48.9 Å². The summed E-state index contributed by atoms with van der Waals surface area (Å²) in [5.74, 6) is 2.51. The lowest BCUT2D eigenvalue weighted by molar-refractivity contribution is -0.142. The minimum atomic E-state index is -0.959. The summed E-state index contributed by atoms with van der Waals surface area (Å²) < 4.78 is 0. The first-order chi connectivity index (χ1) is 23.2. The van der Waals surface area contributed by atoms with Gasteiger partial charge in [0.25, 0.3) is 0 Å². The summed E-state index contributed by atoms with van der Waals surface area (Å²) in [5.41, 5.74) is 3.73. The van der Waals surface area contributed by atoms with E-state index in [2.05, 4.69) is 37.3 Å². The fraction of sp³-hybridized carbons (Fsp3) is 0.636. The van der Waals surface area contributed by atoms with Crippen LogP contribution in [0.5, 0.6) is 0 Å². The highest BCUT2D eigenvalue weighted by atomic mass is 16.1. The molecule has 0 aromatic heterocycles. The molecule has 2 unspecified atom stereocenters. The number of aryl methyl sites for hydroxylation is 1. The van der Waals surface area contributed by atoms with Crippen LogP contribution in [0, 0.1) is 40.9 Å². The fourth-order valence-electron chi connectivity index (χ4n) is 10.2. The highest BCUT2D eigenvalue weighted by Crippen LogP contribution is 2.45. The van der Waals surface area contributed by atoms with Gasteiger partial charge in [-0.05, 0) is 104 Å². The third-order valence-electron chi connectivity index (χ3n) is 13.2. The van der Waals surface area contributed by atoms with Crippen LogP contribution >= 0.6 is 0 Å². The quantitative estimate of drug-likeness (QED) is 0.230. The lowest BCUT2D eigenvalue weighted by atomic mass is 9.64. The molecule has 0 radical (unpaired) electrons. The zero-order chi connectivity index (χ0) is 33.7. The minimum absolute atomic E-state index is 0.0461. The van der Waals surface area contributed by atoms with Gasteiger partial charge in [-0.2, -0.15) is 0 Å². The predicted octanol–water partition coefficient (Wildman–Crippen LogP) is 9.46. The first-order valence-corrected chi connectivity index (χ1v) is 19.5. The van der Waals surface area contributed by atoms with Crippen molar-refractivity contribution in [2.75, 3.05) is 0 Å². The molecule has 6 rings (SSSR count). The predicted molar refractivity (Wildman–Crippen MR) is 192 cm³/mol. The average molecular weight is 651 g/mol. The van der Waals surface area contributed by atoms with Crippen molar-refractivity contribution in [3.05, 3.63) is 70.8 Å². The SMILES string of the molecule is CCc1ccc(CC(=O)CC(C)(CC(=O)C2CCC(C3Cc4ccccc4CC3=O)CC2)C(=O)C2CCC(C3CCCCC3)CC2)cc1. The van der Waals surface area contributed by atoms with E-state index < -0.39 is 5.41 Å². The lowest BCUT2D eigenvalue weighted by Gasteiger charge is -2.39. The number of Topliss-reactive ketones (excluding diaryl/α,β-unsaturated/α-hetero) is 4. The standard InChI is InChI=1S/C44H58O4/c1-3-30-13-15-31(16-14-30)25-39(45)28-44(2,43(48)36-23-17-33(18-24-36)32-9-5-4-6-10-32)29-42(47)35-21-19-34(20-22-35)40-26-37-11-7-8-12-38(37)27-41(40)46/h7-8,11-16,32-36,40H,3-6,9-10,17-29H2,1-2H3. The van der Waals surface area contributed by atoms with E-state index in [4.69, 9.17) is 0 Å². The van der Waals surface area contributed by atoms with Gasteiger partial charge in [0.1, 0.15) is 23.1 Å². The van der Waals surface area contributed by atoms with Gasteiger partial charge in [-0.15, -0.1) is 0 Å². The third kappa shape index (κ3) is 8.28. The van der Waals surface area contributed by atoms with Crippen molar-refractivity contribution >= 4 is 23.1 Å². The van der Waals surface area contributed by atoms with E-state index in [0.29, 0.717) is 24.5 Å². The molecule has 0 heterocycles. The molecule has 4 aliphatic carbocycles. The van der Waals surface area contributed by atoms with E-state index >= 15 is 0 Å². The van der Waals surface area contributed by atoms with Crippen LogP contribution in [0.15, 0.2) is 48.5 Å². The second-order valence-electron chi connectivity index (χ2n) is 16.5. The Kier molecular flexibility index (Phi) is 11.5. The zero-order valence-corrected chi connectivity index (χ0v) is 29.7. The van der Waals surface area contributed by atoms with Crippen LogP contribution in [0.4, 0.5) is 0 Å². The van der Waals surface area contributed by atoms with E-state index in [1.165, 1.54) is 48.8 Å². The van der Waals surface area contributed by atoms with Crippen LogP contribution < -0.4 is 0 Å². The monoisotopic (exact) mass is 650 g/mol. The maximum absolute atomic E-state index is 14.4. The number of carbonyl (C=O) groups excluding carboxylic acids is 4. The molecule has 0 saturated heterocycles. The Morgan fingerprint density at radius 2 is 1.25 bits per heavy atom. The van der Waals surface area contributed by atoms with E-state index in [1.807, 2.05) is 25.1 Å². The molecule has 2 aromatic carbocycles. The molecule has 0 bridgehead atoms. The van der Waals surface area contributed by atoms with Crippen molar-refractivity contribution in [3.8, 4) is 0 Å². The molecule has 0 N–H and O–H groups in total. The largest absolute Gasteiger partial charge is 0.299 e. The average Bonchev–Trinajstić information content (AvgIpc) is 3.11. The second-order valence-corrected chi connectivity index (χ2v) is 16.5. The van der Waals surface area contributed by atoms with E-state index in [0.717, 1.165) is 81.6 Å². The first kappa shape index (κ1) is 35.0. The molecule has 4 nitrogen and oxygen atoms in total. The van der Waals surface area contributed by atoms with Gasteiger partial charge in [0.15, 0.2) is 0 Å². The van der Waals surface area contributed by atoms with Gasteiger partial charge in [0.2, 0.25) is 0 Å². The van der Waals surface area contributed by atoms with Crippen LogP contribution in [0.1, 0.15) is 132 Å². The molecule has 48 heavy (non-hydrogen) atoms. The summed E-state index contributed by atoms with van der Waals surface area (Å²) in [6.07, 6.45) is 17.0. The molecule has 0 amide bonds. The van der Waals surface area contributed by atoms with Gasteiger partial charge in [-0.1, -0.05) is 94.5 Å². The molecule has 3 fully saturated rings. The summed E-state index contributed by atoms with van der Waals surface area (Å²) in [5, 5.41) is 0. The fourth-order valence-corrected chi connectivity index (χ4v) is 10.2. The maximum Gasteiger partial charge on any atom is 0.142 e. The van der Waals surface area contributed by atoms with Crippen molar-refractivity contribution in [2.24, 2.45) is 40.9 Å². The number of hydrogen-bond acceptors (Lipinski definition) is 4. The molecule has 4 heteroatoms. The Morgan fingerprint density at radius 1 is 0.667 bits per heavy atom. The van der Waals surface area contributed by atoms with E-state index in [1.54, 1.807) is 0 Å². The number of benzene rings is 2. The Balaban J connectivity index is 1.10.